The zero-order valence-electron chi connectivity index (χ0n) is 14.6. The molecule has 0 aliphatic carbocycles. The lowest BCUT2D eigenvalue weighted by Crippen LogP contribution is -2.17. The lowest BCUT2D eigenvalue weighted by Gasteiger charge is -2.16. The van der Waals surface area contributed by atoms with Crippen LogP contribution in [-0.4, -0.2) is 6.09 Å². The molecule has 1 aromatic heterocycles. The van der Waals surface area contributed by atoms with E-state index in [4.69, 9.17) is 10.5 Å². The van der Waals surface area contributed by atoms with E-state index in [2.05, 4.69) is 13.8 Å². The van der Waals surface area contributed by atoms with Gasteiger partial charge in [-0.3, -0.25) is 0 Å². The molecule has 0 fully saturated rings. The third-order valence-electron chi connectivity index (χ3n) is 4.17. The van der Waals surface area contributed by atoms with Crippen molar-refractivity contribution in [2.24, 2.45) is 5.73 Å². The highest BCUT2D eigenvalue weighted by Crippen LogP contribution is 2.44. The van der Waals surface area contributed by atoms with E-state index < -0.39 is 6.09 Å². The quantitative estimate of drug-likeness (QED) is 0.526. The summed E-state index contributed by atoms with van der Waals surface area (Å²) in [6, 6.07) is 6.19. The van der Waals surface area contributed by atoms with Crippen LogP contribution < -0.4 is 10.5 Å². The number of hydrogen-bond donors (Lipinski definition) is 1. The van der Waals surface area contributed by atoms with Crippen LogP contribution in [0.25, 0.3) is 10.4 Å². The van der Waals surface area contributed by atoms with Crippen LogP contribution in [0, 0.1) is 5.82 Å². The molecule has 0 radical (unpaired) electrons. The van der Waals surface area contributed by atoms with Gasteiger partial charge in [0, 0.05) is 5.56 Å². The Balaban J connectivity index is 0.00000312. The second-order valence-electron chi connectivity index (χ2n) is 5.88. The van der Waals surface area contributed by atoms with Gasteiger partial charge in [0.2, 0.25) is 0 Å². The van der Waals surface area contributed by atoms with Crippen molar-refractivity contribution in [1.29, 1.82) is 0 Å². The van der Waals surface area contributed by atoms with Crippen LogP contribution in [0.5, 0.6) is 5.75 Å². The molecular formula is C19H25ClFNO2S. The van der Waals surface area contributed by atoms with Crippen molar-refractivity contribution in [2.45, 2.75) is 51.9 Å². The van der Waals surface area contributed by atoms with E-state index in [9.17, 15) is 9.18 Å². The number of unbranched alkanes of at least 4 members (excludes halogenated alkanes) is 2. The van der Waals surface area contributed by atoms with E-state index >= 15 is 0 Å². The number of benzene rings is 1. The maximum Gasteiger partial charge on any atom is 0.410 e. The average Bonchev–Trinajstić information content (AvgIpc) is 2.95. The van der Waals surface area contributed by atoms with Crippen molar-refractivity contribution in [2.75, 3.05) is 0 Å². The van der Waals surface area contributed by atoms with Crippen molar-refractivity contribution in [1.82, 2.24) is 0 Å². The summed E-state index contributed by atoms with van der Waals surface area (Å²) in [6.07, 6.45) is 4.72. The Morgan fingerprint density at radius 1 is 1.24 bits per heavy atom. The first-order valence-corrected chi connectivity index (χ1v) is 9.29. The van der Waals surface area contributed by atoms with E-state index in [0.717, 1.165) is 35.3 Å². The monoisotopic (exact) mass is 385 g/mol. The minimum Gasteiger partial charge on any atom is -0.409 e. The molecule has 25 heavy (non-hydrogen) atoms. The number of rotatable bonds is 8. The second kappa shape index (κ2) is 10.4. The topological polar surface area (TPSA) is 52.3 Å². The Morgan fingerprint density at radius 3 is 2.48 bits per heavy atom. The summed E-state index contributed by atoms with van der Waals surface area (Å²) in [4.78, 5) is 12.2. The molecule has 2 N–H and O–H groups in total. The summed E-state index contributed by atoms with van der Waals surface area (Å²) in [7, 11) is 0. The minimum atomic E-state index is -0.818. The summed E-state index contributed by atoms with van der Waals surface area (Å²) in [6.45, 7) is 4.32. The molecule has 1 heterocycles. The average molecular weight is 386 g/mol. The predicted octanol–water partition coefficient (Wildman–Crippen LogP) is 6.51. The number of hydrogen-bond acceptors (Lipinski definition) is 3. The fourth-order valence-corrected chi connectivity index (χ4v) is 3.95. The fourth-order valence-electron chi connectivity index (χ4n) is 2.87. The number of thiophene rings is 1. The Hall–Kier alpha value is -1.59. The number of primary amides is 1. The fraction of sp³-hybridized carbons (Fsp3) is 0.421. The second-order valence-corrected chi connectivity index (χ2v) is 6.76. The van der Waals surface area contributed by atoms with Crippen LogP contribution in [0.4, 0.5) is 9.18 Å². The molecule has 0 bridgehead atoms. The molecular weight excluding hydrogens is 361 g/mol. The van der Waals surface area contributed by atoms with Crippen molar-refractivity contribution in [3.63, 3.8) is 0 Å². The number of amides is 1. The predicted molar refractivity (Wildman–Crippen MR) is 104 cm³/mol. The van der Waals surface area contributed by atoms with Crippen LogP contribution in [0.3, 0.4) is 0 Å². The highest BCUT2D eigenvalue weighted by atomic mass is 35.5. The molecule has 0 aliphatic heterocycles. The lowest BCUT2D eigenvalue weighted by molar-refractivity contribution is 0.210. The first-order valence-electron chi connectivity index (χ1n) is 8.41. The smallest absolute Gasteiger partial charge is 0.409 e. The molecule has 1 atom stereocenters. The van der Waals surface area contributed by atoms with Crippen LogP contribution in [0.15, 0.2) is 29.6 Å². The van der Waals surface area contributed by atoms with Crippen LogP contribution in [-0.2, 0) is 0 Å². The Morgan fingerprint density at radius 2 is 1.92 bits per heavy atom. The molecule has 1 amide bonds. The highest BCUT2D eigenvalue weighted by Gasteiger charge is 2.22. The Bertz CT molecular complexity index is 673. The third kappa shape index (κ3) is 5.72. The number of ether oxygens (including phenoxy) is 1. The van der Waals surface area contributed by atoms with Crippen molar-refractivity contribution in [3.05, 3.63) is 41.0 Å². The normalized spacial score (nSPS) is 11.6. The van der Waals surface area contributed by atoms with Crippen molar-refractivity contribution < 1.29 is 13.9 Å². The van der Waals surface area contributed by atoms with Crippen molar-refractivity contribution in [3.8, 4) is 16.2 Å². The molecule has 138 valence electrons. The van der Waals surface area contributed by atoms with Gasteiger partial charge in [-0.2, -0.15) is 0 Å². The van der Waals surface area contributed by atoms with E-state index in [0.29, 0.717) is 11.7 Å². The zero-order chi connectivity index (χ0) is 17.5. The van der Waals surface area contributed by atoms with E-state index in [1.165, 1.54) is 36.3 Å². The minimum absolute atomic E-state index is 0. The molecule has 1 unspecified atom stereocenters. The number of nitrogens with two attached hydrogens (primary N) is 1. The molecule has 0 saturated carbocycles. The summed E-state index contributed by atoms with van der Waals surface area (Å²) in [5, 5.41) is 2.04. The molecule has 2 rings (SSSR count). The Labute approximate surface area is 158 Å². The van der Waals surface area contributed by atoms with Crippen LogP contribution >= 0.6 is 23.7 Å². The number of halogens is 2. The summed E-state index contributed by atoms with van der Waals surface area (Å²) >= 11 is 1.50. The molecule has 6 heteroatoms. The number of carbonyl (C=O) groups is 1. The van der Waals surface area contributed by atoms with Crippen molar-refractivity contribution >= 4 is 29.8 Å². The highest BCUT2D eigenvalue weighted by molar-refractivity contribution is 7.14. The van der Waals surface area contributed by atoms with E-state index in [1.807, 2.05) is 5.38 Å². The maximum absolute atomic E-state index is 13.2. The molecule has 0 aliphatic rings. The van der Waals surface area contributed by atoms with E-state index in [1.54, 1.807) is 12.1 Å². The largest absolute Gasteiger partial charge is 0.410 e. The summed E-state index contributed by atoms with van der Waals surface area (Å²) < 4.78 is 18.5. The SMILES string of the molecule is CCCCCC(CC)c1csc(-c2ccc(F)cc2)c1OC(N)=O.Cl. The maximum atomic E-state index is 13.2. The van der Waals surface area contributed by atoms with Gasteiger partial charge in [-0.15, -0.1) is 23.7 Å². The summed E-state index contributed by atoms with van der Waals surface area (Å²) in [5.41, 5.74) is 7.12. The first-order chi connectivity index (χ1) is 11.6. The molecule has 2 aromatic rings. The van der Waals surface area contributed by atoms with E-state index in [-0.39, 0.29) is 18.2 Å². The standard InChI is InChI=1S/C19H24FNO2S.ClH/c1-3-5-6-7-13(4-2)16-12-24-18(17(16)23-19(21)22)14-8-10-15(20)11-9-14;/h8-13H,3-7H2,1-2H3,(H2,21,22);1H. The number of carbonyl (C=O) groups excluding carboxylic acids is 1. The molecule has 1 aromatic carbocycles. The van der Waals surface area contributed by atoms with Gasteiger partial charge in [-0.1, -0.05) is 45.2 Å². The van der Waals surface area contributed by atoms with Gasteiger partial charge in [0.05, 0.1) is 4.88 Å². The van der Waals surface area contributed by atoms with Gasteiger partial charge in [0.25, 0.3) is 0 Å². The van der Waals surface area contributed by atoms with Gasteiger partial charge in [0.15, 0.2) is 5.75 Å². The van der Waals surface area contributed by atoms with Crippen LogP contribution in [0.1, 0.15) is 57.4 Å². The van der Waals surface area contributed by atoms with Gasteiger partial charge in [-0.25, -0.2) is 9.18 Å². The van der Waals surface area contributed by atoms with Crippen LogP contribution in [0.2, 0.25) is 0 Å². The van der Waals surface area contributed by atoms with Gasteiger partial charge < -0.3 is 10.5 Å². The summed E-state index contributed by atoms with van der Waals surface area (Å²) in [5.74, 6) is 0.567. The first kappa shape index (κ1) is 21.5. The molecule has 0 spiro atoms. The van der Waals surface area contributed by atoms with Gasteiger partial charge >= 0.3 is 6.09 Å². The zero-order valence-corrected chi connectivity index (χ0v) is 16.2. The van der Waals surface area contributed by atoms with Gasteiger partial charge in [-0.05, 0) is 41.8 Å². The molecule has 3 nitrogen and oxygen atoms in total. The van der Waals surface area contributed by atoms with Gasteiger partial charge in [0.1, 0.15) is 5.82 Å². The molecule has 0 saturated heterocycles. The lowest BCUT2D eigenvalue weighted by atomic mass is 9.91. The Kier molecular flexibility index (Phi) is 8.93. The third-order valence-corrected chi connectivity index (χ3v) is 5.20.